The number of hydrogen-bond acceptors (Lipinski definition) is 5. The first kappa shape index (κ1) is 19.6. The first-order chi connectivity index (χ1) is 14.6. The highest BCUT2D eigenvalue weighted by Gasteiger charge is 2.51. The van der Waals surface area contributed by atoms with Crippen LogP contribution in [0.2, 0.25) is 0 Å². The lowest BCUT2D eigenvalue weighted by atomic mass is 9.53. The standard InChI is InChI=1S/C22H28N4O3S/c27-19(24-12-17-13-29-20(25-17)18-2-1-5-30-18)3-4-23-21(28)26-22-9-14-6-15(10-22)8-16(7-14)11-22/h1-2,5,13-16H,3-4,6-12H2,(H,24,27)(H2,23,26,28). The molecule has 0 unspecified atom stereocenters. The van der Waals surface area contributed by atoms with Crippen LogP contribution in [0.1, 0.15) is 50.6 Å². The van der Waals surface area contributed by atoms with Gasteiger partial charge in [-0.3, -0.25) is 4.79 Å². The summed E-state index contributed by atoms with van der Waals surface area (Å²) >= 11 is 1.56. The van der Waals surface area contributed by atoms with Crippen LogP contribution >= 0.6 is 11.3 Å². The number of thiophene rings is 1. The number of oxazole rings is 1. The highest BCUT2D eigenvalue weighted by Crippen LogP contribution is 2.55. The molecule has 4 saturated carbocycles. The molecule has 160 valence electrons. The minimum atomic E-state index is -0.137. The molecule has 2 aromatic rings. The molecule has 4 aliphatic carbocycles. The Kier molecular flexibility index (Phi) is 5.26. The highest BCUT2D eigenvalue weighted by molar-refractivity contribution is 7.13. The minimum Gasteiger partial charge on any atom is -0.443 e. The Hall–Kier alpha value is -2.35. The van der Waals surface area contributed by atoms with Crippen molar-refractivity contribution < 1.29 is 14.0 Å². The molecule has 0 aliphatic heterocycles. The fourth-order valence-corrected chi connectivity index (χ4v) is 6.67. The number of urea groups is 1. The van der Waals surface area contributed by atoms with Crippen molar-refractivity contribution in [2.45, 2.75) is 57.0 Å². The van der Waals surface area contributed by atoms with E-state index in [1.165, 1.54) is 19.3 Å². The normalized spacial score (nSPS) is 29.0. The summed E-state index contributed by atoms with van der Waals surface area (Å²) in [6.45, 7) is 0.635. The lowest BCUT2D eigenvalue weighted by molar-refractivity contribution is -0.121. The summed E-state index contributed by atoms with van der Waals surface area (Å²) in [5, 5.41) is 10.9. The molecule has 3 N–H and O–H groups in total. The number of amides is 3. The van der Waals surface area contributed by atoms with Crippen molar-refractivity contribution in [2.24, 2.45) is 17.8 Å². The maximum atomic E-state index is 12.4. The van der Waals surface area contributed by atoms with E-state index in [0.717, 1.165) is 41.9 Å². The van der Waals surface area contributed by atoms with E-state index in [4.69, 9.17) is 4.42 Å². The van der Waals surface area contributed by atoms with Gasteiger partial charge in [0.05, 0.1) is 17.1 Å². The fraction of sp³-hybridized carbons (Fsp3) is 0.591. The molecular formula is C22H28N4O3S. The average molecular weight is 429 g/mol. The second kappa shape index (κ2) is 8.06. The number of carbonyl (C=O) groups excluding carboxylic acids is 2. The number of nitrogens with zero attached hydrogens (tertiary/aromatic N) is 1. The largest absolute Gasteiger partial charge is 0.443 e. The number of carbonyl (C=O) groups is 2. The van der Waals surface area contributed by atoms with E-state index in [1.54, 1.807) is 17.6 Å². The van der Waals surface area contributed by atoms with Crippen LogP contribution in [0.25, 0.3) is 10.8 Å². The molecule has 4 aliphatic rings. The molecule has 3 amide bonds. The quantitative estimate of drug-likeness (QED) is 0.627. The predicted octanol–water partition coefficient (Wildman–Crippen LogP) is 3.68. The maximum absolute atomic E-state index is 12.4. The van der Waals surface area contributed by atoms with E-state index >= 15 is 0 Å². The number of nitrogens with one attached hydrogen (secondary N) is 3. The van der Waals surface area contributed by atoms with Crippen LogP contribution in [0, 0.1) is 17.8 Å². The van der Waals surface area contributed by atoms with Gasteiger partial charge in [-0.25, -0.2) is 9.78 Å². The molecule has 7 nitrogen and oxygen atoms in total. The van der Waals surface area contributed by atoms with Gasteiger partial charge in [0.15, 0.2) is 0 Å². The summed E-state index contributed by atoms with van der Waals surface area (Å²) in [5.74, 6) is 2.82. The zero-order chi connectivity index (χ0) is 20.6. The van der Waals surface area contributed by atoms with Crippen molar-refractivity contribution in [3.05, 3.63) is 29.5 Å². The molecule has 6 rings (SSSR count). The van der Waals surface area contributed by atoms with Crippen LogP contribution in [0.5, 0.6) is 0 Å². The van der Waals surface area contributed by atoms with E-state index in [1.807, 2.05) is 17.5 Å². The van der Waals surface area contributed by atoms with E-state index in [2.05, 4.69) is 20.9 Å². The number of rotatable bonds is 7. The molecule has 4 fully saturated rings. The van der Waals surface area contributed by atoms with Gasteiger partial charge in [-0.15, -0.1) is 11.3 Å². The Morgan fingerprint density at radius 2 is 1.87 bits per heavy atom. The average Bonchev–Trinajstić information content (AvgIpc) is 3.36. The molecule has 2 aromatic heterocycles. The maximum Gasteiger partial charge on any atom is 0.315 e. The summed E-state index contributed by atoms with van der Waals surface area (Å²) in [5.41, 5.74) is 0.674. The van der Waals surface area contributed by atoms with Crippen LogP contribution in [0.4, 0.5) is 4.79 Å². The fourth-order valence-electron chi connectivity index (χ4n) is 6.02. The Morgan fingerprint density at radius 3 is 2.53 bits per heavy atom. The van der Waals surface area contributed by atoms with Gasteiger partial charge in [0.2, 0.25) is 11.8 Å². The van der Waals surface area contributed by atoms with Crippen molar-refractivity contribution in [3.63, 3.8) is 0 Å². The van der Waals surface area contributed by atoms with Crippen LogP contribution in [-0.4, -0.2) is 29.0 Å². The molecular weight excluding hydrogens is 400 g/mol. The number of aromatic nitrogens is 1. The van der Waals surface area contributed by atoms with Gasteiger partial charge in [-0.05, 0) is 67.7 Å². The van der Waals surface area contributed by atoms with Gasteiger partial charge in [-0.1, -0.05) is 6.07 Å². The van der Waals surface area contributed by atoms with Crippen LogP contribution in [-0.2, 0) is 11.3 Å². The molecule has 2 heterocycles. The van der Waals surface area contributed by atoms with Gasteiger partial charge in [0.25, 0.3) is 0 Å². The number of hydrogen-bond donors (Lipinski definition) is 3. The lowest BCUT2D eigenvalue weighted by Crippen LogP contribution is -2.61. The summed E-state index contributed by atoms with van der Waals surface area (Å²) in [6, 6.07) is 3.75. The Balaban J connectivity index is 1.03. The Bertz CT molecular complexity index is 872. The zero-order valence-electron chi connectivity index (χ0n) is 17.0. The van der Waals surface area contributed by atoms with Crippen molar-refractivity contribution in [2.75, 3.05) is 6.54 Å². The van der Waals surface area contributed by atoms with Crippen molar-refractivity contribution in [1.82, 2.24) is 20.9 Å². The summed E-state index contributed by atoms with van der Waals surface area (Å²) in [7, 11) is 0. The molecule has 0 atom stereocenters. The molecule has 0 saturated heterocycles. The second-order valence-electron chi connectivity index (χ2n) is 9.23. The first-order valence-electron chi connectivity index (χ1n) is 10.9. The van der Waals surface area contributed by atoms with Crippen molar-refractivity contribution in [1.29, 1.82) is 0 Å². The predicted molar refractivity (Wildman–Crippen MR) is 114 cm³/mol. The Morgan fingerprint density at radius 1 is 1.13 bits per heavy atom. The summed E-state index contributed by atoms with van der Waals surface area (Å²) in [6.07, 6.45) is 9.22. The van der Waals surface area contributed by atoms with E-state index in [-0.39, 0.29) is 23.9 Å². The monoisotopic (exact) mass is 428 g/mol. The van der Waals surface area contributed by atoms with E-state index in [0.29, 0.717) is 24.7 Å². The third-order valence-corrected chi connectivity index (χ3v) is 7.66. The molecule has 30 heavy (non-hydrogen) atoms. The summed E-state index contributed by atoms with van der Waals surface area (Å²) < 4.78 is 5.45. The minimum absolute atomic E-state index is 0.00564. The van der Waals surface area contributed by atoms with Crippen LogP contribution < -0.4 is 16.0 Å². The van der Waals surface area contributed by atoms with Crippen LogP contribution in [0.15, 0.2) is 28.2 Å². The van der Waals surface area contributed by atoms with Gasteiger partial charge in [0, 0.05) is 18.5 Å². The van der Waals surface area contributed by atoms with Crippen molar-refractivity contribution >= 4 is 23.3 Å². The zero-order valence-corrected chi connectivity index (χ0v) is 17.8. The van der Waals surface area contributed by atoms with Gasteiger partial charge in [0.1, 0.15) is 6.26 Å². The smallest absolute Gasteiger partial charge is 0.315 e. The highest BCUT2D eigenvalue weighted by atomic mass is 32.1. The Labute approximate surface area is 180 Å². The third kappa shape index (κ3) is 4.24. The van der Waals surface area contributed by atoms with Gasteiger partial charge < -0.3 is 20.4 Å². The lowest BCUT2D eigenvalue weighted by Gasteiger charge is -2.56. The van der Waals surface area contributed by atoms with Crippen LogP contribution in [0.3, 0.4) is 0 Å². The second-order valence-corrected chi connectivity index (χ2v) is 10.2. The molecule has 0 aromatic carbocycles. The molecule has 8 heteroatoms. The van der Waals surface area contributed by atoms with Crippen molar-refractivity contribution in [3.8, 4) is 10.8 Å². The van der Waals surface area contributed by atoms with Gasteiger partial charge in [-0.2, -0.15) is 0 Å². The van der Waals surface area contributed by atoms with Gasteiger partial charge >= 0.3 is 6.03 Å². The summed E-state index contributed by atoms with van der Waals surface area (Å²) in [4.78, 5) is 29.9. The molecule has 0 radical (unpaired) electrons. The molecule has 0 spiro atoms. The first-order valence-corrected chi connectivity index (χ1v) is 11.8. The topological polar surface area (TPSA) is 96.3 Å². The van der Waals surface area contributed by atoms with E-state index in [9.17, 15) is 9.59 Å². The molecule has 4 bridgehead atoms. The third-order valence-electron chi connectivity index (χ3n) is 6.80. The SMILES string of the molecule is O=C(CCNC(=O)NC12CC3CC(CC(C3)C1)C2)NCc1coc(-c2cccs2)n1. The van der Waals surface area contributed by atoms with E-state index < -0.39 is 0 Å².